The smallest absolute Gasteiger partial charge is 0.143 e. The van der Waals surface area contributed by atoms with Crippen molar-refractivity contribution in [1.29, 1.82) is 0 Å². The Balaban J connectivity index is 1.27. The van der Waals surface area contributed by atoms with Crippen LogP contribution in [0.25, 0.3) is 64.2 Å². The van der Waals surface area contributed by atoms with Gasteiger partial charge in [-0.15, -0.1) is 11.3 Å². The quantitative estimate of drug-likeness (QED) is 0.199. The summed E-state index contributed by atoms with van der Waals surface area (Å²) in [5, 5.41) is 7.20. The van der Waals surface area contributed by atoms with Gasteiger partial charge < -0.3 is 4.42 Å². The highest BCUT2D eigenvalue weighted by atomic mass is 32.1. The summed E-state index contributed by atoms with van der Waals surface area (Å²) in [6.45, 7) is 2.28. The van der Waals surface area contributed by atoms with E-state index in [9.17, 15) is 0 Å². The first kappa shape index (κ1) is 26.2. The zero-order valence-corrected chi connectivity index (χ0v) is 25.6. The van der Waals surface area contributed by atoms with Crippen LogP contribution in [0.15, 0.2) is 149 Å². The Hall–Kier alpha value is -5.25. The van der Waals surface area contributed by atoms with E-state index in [1.807, 2.05) is 11.3 Å². The third-order valence-electron chi connectivity index (χ3n) is 9.18. The number of rotatable bonds is 4. The standard InChI is InChI=1S/C42H29NOS/c1-2-26-23-37(33-16-10-17-38-41(33)34-22-19-27-11-6-7-14-30(27)42(34)44-38)43-36(28-12-4-3-5-13-28)25-35(26)29-20-21-32-31-15-8-9-18-39(31)45-40(32)24-29/h3-26H,2H2,1H3. The van der Waals surface area contributed by atoms with Gasteiger partial charge in [-0.05, 0) is 53.3 Å². The van der Waals surface area contributed by atoms with Crippen LogP contribution in [0.4, 0.5) is 0 Å². The van der Waals surface area contributed by atoms with E-state index in [0.717, 1.165) is 56.3 Å². The molecule has 3 heteroatoms. The van der Waals surface area contributed by atoms with Crippen molar-refractivity contribution >= 4 is 81.2 Å². The molecule has 1 aliphatic heterocycles. The molecule has 0 saturated carbocycles. The predicted octanol–water partition coefficient (Wildman–Crippen LogP) is 12.1. The van der Waals surface area contributed by atoms with E-state index in [1.54, 1.807) is 0 Å². The average Bonchev–Trinajstić information content (AvgIpc) is 3.60. The molecule has 0 spiro atoms. The molecule has 0 saturated heterocycles. The number of hydrogen-bond donors (Lipinski definition) is 0. The van der Waals surface area contributed by atoms with E-state index in [-0.39, 0.29) is 5.92 Å². The Labute approximate surface area is 265 Å². The normalized spacial score (nSPS) is 15.5. The van der Waals surface area contributed by atoms with Crippen LogP contribution in [-0.4, -0.2) is 5.71 Å². The fourth-order valence-electron chi connectivity index (χ4n) is 6.95. The highest BCUT2D eigenvalue weighted by molar-refractivity contribution is 7.25. The topological polar surface area (TPSA) is 25.5 Å². The van der Waals surface area contributed by atoms with Crippen LogP contribution in [0.2, 0.25) is 0 Å². The predicted molar refractivity (Wildman–Crippen MR) is 193 cm³/mol. The second-order valence-electron chi connectivity index (χ2n) is 11.8. The molecule has 8 aromatic rings. The minimum absolute atomic E-state index is 0.186. The summed E-state index contributed by atoms with van der Waals surface area (Å²) in [7, 11) is 0. The lowest BCUT2D eigenvalue weighted by Gasteiger charge is -2.16. The highest BCUT2D eigenvalue weighted by Crippen LogP contribution is 2.42. The van der Waals surface area contributed by atoms with Gasteiger partial charge in [0.05, 0.1) is 11.4 Å². The lowest BCUT2D eigenvalue weighted by atomic mass is 9.87. The summed E-state index contributed by atoms with van der Waals surface area (Å²) in [6, 6.07) is 45.5. The molecule has 2 aromatic heterocycles. The zero-order valence-electron chi connectivity index (χ0n) is 24.8. The summed E-state index contributed by atoms with van der Waals surface area (Å²) in [6.07, 6.45) is 5.66. The fraction of sp³-hybridized carbons (Fsp3) is 0.0714. The van der Waals surface area contributed by atoms with Crippen LogP contribution < -0.4 is 0 Å². The Bertz CT molecular complexity index is 2530. The lowest BCUT2D eigenvalue weighted by molar-refractivity contribution is 0.672. The average molecular weight is 596 g/mol. The van der Waals surface area contributed by atoms with E-state index in [4.69, 9.17) is 9.41 Å². The number of thiophene rings is 1. The molecule has 0 radical (unpaired) electrons. The second kappa shape index (κ2) is 10.4. The van der Waals surface area contributed by atoms with Crippen molar-refractivity contribution in [3.8, 4) is 0 Å². The third kappa shape index (κ3) is 4.27. The first-order valence-electron chi connectivity index (χ1n) is 15.6. The number of nitrogens with zero attached hydrogens (tertiary/aromatic N) is 1. The Morgan fingerprint density at radius 3 is 2.33 bits per heavy atom. The van der Waals surface area contributed by atoms with E-state index in [0.29, 0.717) is 0 Å². The number of furan rings is 1. The summed E-state index contributed by atoms with van der Waals surface area (Å²) < 4.78 is 9.21. The van der Waals surface area contributed by atoms with E-state index < -0.39 is 0 Å². The minimum Gasteiger partial charge on any atom is -0.455 e. The van der Waals surface area contributed by atoms with Gasteiger partial charge in [-0.2, -0.15) is 0 Å². The van der Waals surface area contributed by atoms with Crippen molar-refractivity contribution in [2.24, 2.45) is 10.9 Å². The van der Waals surface area contributed by atoms with Crippen LogP contribution in [0.5, 0.6) is 0 Å². The van der Waals surface area contributed by atoms with E-state index >= 15 is 0 Å². The van der Waals surface area contributed by atoms with Gasteiger partial charge >= 0.3 is 0 Å². The monoisotopic (exact) mass is 595 g/mol. The molecule has 0 fully saturated rings. The molecule has 214 valence electrons. The molecule has 2 nitrogen and oxygen atoms in total. The Morgan fingerprint density at radius 1 is 0.667 bits per heavy atom. The maximum atomic E-state index is 6.56. The SMILES string of the molecule is CCC1C=C(c2cccc3oc4c5ccccc5ccc4c23)N=C(c2ccccc2)C=C1c1ccc2c(c1)sc1ccccc12. The van der Waals surface area contributed by atoms with E-state index in [2.05, 4.69) is 146 Å². The van der Waals surface area contributed by atoms with Gasteiger partial charge in [-0.1, -0.05) is 116 Å². The largest absolute Gasteiger partial charge is 0.455 e. The first-order chi connectivity index (χ1) is 22.2. The Morgan fingerprint density at radius 2 is 1.44 bits per heavy atom. The van der Waals surface area contributed by atoms with Crippen LogP contribution in [0, 0.1) is 5.92 Å². The van der Waals surface area contributed by atoms with Crippen LogP contribution in [0.1, 0.15) is 30.0 Å². The number of benzene rings is 6. The summed E-state index contributed by atoms with van der Waals surface area (Å²) in [4.78, 5) is 5.45. The van der Waals surface area contributed by atoms with Crippen molar-refractivity contribution in [1.82, 2.24) is 0 Å². The second-order valence-corrected chi connectivity index (χ2v) is 12.9. The van der Waals surface area contributed by atoms with Gasteiger partial charge in [0, 0.05) is 53.4 Å². The molecule has 9 rings (SSSR count). The number of fused-ring (bicyclic) bond motifs is 8. The molecule has 0 aliphatic carbocycles. The van der Waals surface area contributed by atoms with E-state index in [1.165, 1.54) is 36.7 Å². The molecule has 0 bridgehead atoms. The van der Waals surface area contributed by atoms with Gasteiger partial charge in [0.15, 0.2) is 0 Å². The maximum absolute atomic E-state index is 6.56. The van der Waals surface area contributed by atoms with Crippen molar-refractivity contribution in [2.45, 2.75) is 13.3 Å². The first-order valence-corrected chi connectivity index (χ1v) is 16.4. The third-order valence-corrected chi connectivity index (χ3v) is 10.3. The highest BCUT2D eigenvalue weighted by Gasteiger charge is 2.23. The molecule has 1 aliphatic rings. The zero-order chi connectivity index (χ0) is 29.9. The van der Waals surface area contributed by atoms with Gasteiger partial charge in [-0.25, -0.2) is 4.99 Å². The van der Waals surface area contributed by atoms with Gasteiger partial charge in [0.1, 0.15) is 11.2 Å². The molecular weight excluding hydrogens is 567 g/mol. The van der Waals surface area contributed by atoms with Gasteiger partial charge in [0.25, 0.3) is 0 Å². The maximum Gasteiger partial charge on any atom is 0.143 e. The number of allylic oxidation sites excluding steroid dienone is 3. The summed E-state index contributed by atoms with van der Waals surface area (Å²) in [5.41, 5.74) is 8.52. The molecule has 6 aromatic carbocycles. The summed E-state index contributed by atoms with van der Waals surface area (Å²) in [5.74, 6) is 0.186. The van der Waals surface area contributed by atoms with Crippen LogP contribution in [0.3, 0.4) is 0 Å². The number of aliphatic imine (C=N–C) groups is 1. The molecule has 1 atom stereocenters. The molecule has 0 N–H and O–H groups in total. The Kier molecular flexibility index (Phi) is 6.07. The molecular formula is C42H29NOS. The van der Waals surface area contributed by atoms with Crippen molar-refractivity contribution in [3.63, 3.8) is 0 Å². The van der Waals surface area contributed by atoms with Crippen LogP contribution in [-0.2, 0) is 0 Å². The minimum atomic E-state index is 0.186. The fourth-order valence-corrected chi connectivity index (χ4v) is 8.09. The molecule has 1 unspecified atom stereocenters. The van der Waals surface area contributed by atoms with Crippen molar-refractivity contribution < 1.29 is 4.42 Å². The molecule has 45 heavy (non-hydrogen) atoms. The lowest BCUT2D eigenvalue weighted by Crippen LogP contribution is -2.02. The van der Waals surface area contributed by atoms with Gasteiger partial charge in [0.2, 0.25) is 0 Å². The molecule has 3 heterocycles. The van der Waals surface area contributed by atoms with Crippen LogP contribution >= 0.6 is 11.3 Å². The molecule has 0 amide bonds. The number of hydrogen-bond acceptors (Lipinski definition) is 3. The van der Waals surface area contributed by atoms with Crippen molar-refractivity contribution in [3.05, 3.63) is 156 Å². The van der Waals surface area contributed by atoms with Gasteiger partial charge in [-0.3, -0.25) is 0 Å². The van der Waals surface area contributed by atoms with Crippen molar-refractivity contribution in [2.75, 3.05) is 0 Å². The summed E-state index contributed by atoms with van der Waals surface area (Å²) >= 11 is 1.87.